The van der Waals surface area contributed by atoms with Gasteiger partial charge >= 0.3 is 0 Å². The summed E-state index contributed by atoms with van der Waals surface area (Å²) in [6.45, 7) is 6.08. The van der Waals surface area contributed by atoms with Gasteiger partial charge in [0.2, 0.25) is 15.9 Å². The number of carbonyl (C=O) groups excluding carboxylic acids is 1. The third kappa shape index (κ3) is 5.28. The molecule has 5 rings (SSSR count). The summed E-state index contributed by atoms with van der Waals surface area (Å²) in [4.78, 5) is 15.0. The Labute approximate surface area is 218 Å². The van der Waals surface area contributed by atoms with E-state index in [0.29, 0.717) is 13.1 Å². The topological polar surface area (TPSA) is 69.7 Å². The molecule has 196 valence electrons. The molecule has 6 nitrogen and oxygen atoms in total. The van der Waals surface area contributed by atoms with Crippen molar-refractivity contribution in [2.45, 2.75) is 50.0 Å². The predicted molar refractivity (Wildman–Crippen MR) is 144 cm³/mol. The van der Waals surface area contributed by atoms with Gasteiger partial charge in [0.05, 0.1) is 11.4 Å². The maximum atomic E-state index is 13.8. The van der Waals surface area contributed by atoms with E-state index in [0.717, 1.165) is 61.3 Å². The van der Waals surface area contributed by atoms with E-state index in [4.69, 9.17) is 0 Å². The number of hydrogen-bond acceptors (Lipinski definition) is 4. The lowest BCUT2D eigenvalue weighted by atomic mass is 9.69. The van der Waals surface area contributed by atoms with E-state index in [1.807, 2.05) is 56.3 Å². The molecule has 8 heteroatoms. The van der Waals surface area contributed by atoms with Crippen molar-refractivity contribution >= 4 is 32.4 Å². The number of likely N-dealkylation sites (tertiary alicyclic amines) is 1. The average molecular weight is 524 g/mol. The Morgan fingerprint density at radius 1 is 0.946 bits per heavy atom. The molecule has 2 fully saturated rings. The van der Waals surface area contributed by atoms with Crippen LogP contribution in [0.25, 0.3) is 10.8 Å². The molecule has 0 radical (unpaired) electrons. The first kappa shape index (κ1) is 25.8. The van der Waals surface area contributed by atoms with E-state index in [-0.39, 0.29) is 16.2 Å². The fourth-order valence-corrected chi connectivity index (χ4v) is 7.73. The highest BCUT2D eigenvalue weighted by Crippen LogP contribution is 2.46. The highest BCUT2D eigenvalue weighted by molar-refractivity contribution is 7.89. The molecule has 2 saturated heterocycles. The van der Waals surface area contributed by atoms with Gasteiger partial charge < -0.3 is 5.32 Å². The van der Waals surface area contributed by atoms with E-state index in [9.17, 15) is 17.6 Å². The van der Waals surface area contributed by atoms with Crippen LogP contribution in [0.3, 0.4) is 0 Å². The van der Waals surface area contributed by atoms with Crippen LogP contribution in [0.1, 0.15) is 39.5 Å². The average Bonchev–Trinajstić information content (AvgIpc) is 2.87. The van der Waals surface area contributed by atoms with Crippen molar-refractivity contribution in [2.24, 2.45) is 5.41 Å². The molecule has 0 unspecified atom stereocenters. The number of fused-ring (bicyclic) bond motifs is 1. The van der Waals surface area contributed by atoms with Gasteiger partial charge in [-0.25, -0.2) is 12.8 Å². The van der Waals surface area contributed by atoms with Crippen LogP contribution < -0.4 is 5.32 Å². The Morgan fingerprint density at radius 3 is 2.41 bits per heavy atom. The monoisotopic (exact) mass is 523 g/mol. The Balaban J connectivity index is 1.24. The molecule has 3 aromatic carbocycles. The predicted octanol–water partition coefficient (Wildman–Crippen LogP) is 5.26. The van der Waals surface area contributed by atoms with E-state index < -0.39 is 21.4 Å². The Bertz CT molecular complexity index is 1410. The molecule has 0 atom stereocenters. The minimum absolute atomic E-state index is 0.000156. The van der Waals surface area contributed by atoms with Crippen molar-refractivity contribution in [1.29, 1.82) is 0 Å². The van der Waals surface area contributed by atoms with E-state index in [2.05, 4.69) is 10.2 Å². The molecular formula is C29H34FN3O3S. The van der Waals surface area contributed by atoms with Gasteiger partial charge in [-0.2, -0.15) is 4.31 Å². The normalized spacial score (nSPS) is 20.2. The van der Waals surface area contributed by atoms with Crippen LogP contribution in [-0.4, -0.2) is 55.2 Å². The van der Waals surface area contributed by atoms with E-state index in [1.165, 1.54) is 18.2 Å². The number of benzene rings is 3. The fourth-order valence-electron chi connectivity index (χ4n) is 5.78. The number of rotatable bonds is 5. The van der Waals surface area contributed by atoms with Gasteiger partial charge in [0.1, 0.15) is 5.82 Å². The summed E-state index contributed by atoms with van der Waals surface area (Å²) in [5, 5.41) is 5.16. The summed E-state index contributed by atoms with van der Waals surface area (Å²) in [7, 11) is -3.84. The summed E-state index contributed by atoms with van der Waals surface area (Å²) in [6.07, 6.45) is 3.31. The zero-order valence-electron chi connectivity index (χ0n) is 21.4. The molecule has 3 aromatic rings. The molecule has 1 N–H and O–H groups in total. The lowest BCUT2D eigenvalue weighted by Gasteiger charge is -2.53. The maximum Gasteiger partial charge on any atom is 0.243 e. The molecular weight excluding hydrogens is 489 g/mol. The second-order valence-electron chi connectivity index (χ2n) is 11.1. The number of hydrogen-bond donors (Lipinski definition) is 1. The summed E-state index contributed by atoms with van der Waals surface area (Å²) in [5.74, 6) is -0.604. The van der Waals surface area contributed by atoms with Crippen molar-refractivity contribution in [2.75, 3.05) is 31.5 Å². The van der Waals surface area contributed by atoms with Crippen LogP contribution in [-0.2, 0) is 14.8 Å². The van der Waals surface area contributed by atoms with Crippen LogP contribution >= 0.6 is 0 Å². The highest BCUT2D eigenvalue weighted by atomic mass is 32.2. The van der Waals surface area contributed by atoms with Gasteiger partial charge in [-0.1, -0.05) is 42.5 Å². The SMILES string of the molecule is CC1(C)CCC2(CCN(CC(=O)Nc3cccc4ccccc34)CC2)CN1S(=O)(=O)c1cccc(F)c1. The van der Waals surface area contributed by atoms with Crippen molar-refractivity contribution in [1.82, 2.24) is 9.21 Å². The van der Waals surface area contributed by atoms with Crippen LogP contribution in [0, 0.1) is 11.2 Å². The number of nitrogens with one attached hydrogen (secondary N) is 1. The fraction of sp³-hybridized carbons (Fsp3) is 0.414. The molecule has 2 aliphatic rings. The highest BCUT2D eigenvalue weighted by Gasteiger charge is 2.49. The Hall–Kier alpha value is -2.81. The third-order valence-corrected chi connectivity index (χ3v) is 10.2. The first-order valence-corrected chi connectivity index (χ1v) is 14.3. The quantitative estimate of drug-likeness (QED) is 0.495. The summed E-state index contributed by atoms with van der Waals surface area (Å²) >= 11 is 0. The molecule has 2 aliphatic heterocycles. The Kier molecular flexibility index (Phi) is 6.85. The number of sulfonamides is 1. The van der Waals surface area contributed by atoms with E-state index in [1.54, 1.807) is 4.31 Å². The molecule has 1 spiro atoms. The number of piperidine rings is 2. The van der Waals surface area contributed by atoms with Gasteiger partial charge in [-0.05, 0) is 87.7 Å². The largest absolute Gasteiger partial charge is 0.324 e. The zero-order chi connectivity index (χ0) is 26.3. The minimum atomic E-state index is -3.84. The van der Waals surface area contributed by atoms with Crippen LogP contribution in [0.5, 0.6) is 0 Å². The van der Waals surface area contributed by atoms with Crippen molar-refractivity contribution in [3.05, 3.63) is 72.5 Å². The van der Waals surface area contributed by atoms with Crippen molar-refractivity contribution in [3.63, 3.8) is 0 Å². The van der Waals surface area contributed by atoms with Gasteiger partial charge in [0.25, 0.3) is 0 Å². The number of anilines is 1. The second-order valence-corrected chi connectivity index (χ2v) is 13.0. The molecule has 0 bridgehead atoms. The molecule has 0 aromatic heterocycles. The lowest BCUT2D eigenvalue weighted by Crippen LogP contribution is -2.59. The van der Waals surface area contributed by atoms with Crippen LogP contribution in [0.2, 0.25) is 0 Å². The van der Waals surface area contributed by atoms with Gasteiger partial charge in [0, 0.05) is 23.2 Å². The molecule has 1 amide bonds. The molecule has 0 aliphatic carbocycles. The summed E-state index contributed by atoms with van der Waals surface area (Å²) in [5.41, 5.74) is 0.119. The number of amides is 1. The molecule has 0 saturated carbocycles. The number of carbonyl (C=O) groups is 1. The lowest BCUT2D eigenvalue weighted by molar-refractivity contribution is -0.118. The first-order valence-electron chi connectivity index (χ1n) is 12.9. The smallest absolute Gasteiger partial charge is 0.243 e. The summed E-state index contributed by atoms with van der Waals surface area (Å²) in [6, 6.07) is 19.1. The van der Waals surface area contributed by atoms with Crippen LogP contribution in [0.4, 0.5) is 10.1 Å². The zero-order valence-corrected chi connectivity index (χ0v) is 22.2. The summed E-state index contributed by atoms with van der Waals surface area (Å²) < 4.78 is 42.5. The van der Waals surface area contributed by atoms with Crippen molar-refractivity contribution < 1.29 is 17.6 Å². The molecule has 37 heavy (non-hydrogen) atoms. The molecule has 2 heterocycles. The van der Waals surface area contributed by atoms with Crippen molar-refractivity contribution in [3.8, 4) is 0 Å². The number of halogens is 1. The van der Waals surface area contributed by atoms with Gasteiger partial charge in [-0.3, -0.25) is 9.69 Å². The maximum absolute atomic E-state index is 13.8. The van der Waals surface area contributed by atoms with Crippen LogP contribution in [0.15, 0.2) is 71.6 Å². The van der Waals surface area contributed by atoms with Gasteiger partial charge in [-0.15, -0.1) is 0 Å². The number of nitrogens with zero attached hydrogens (tertiary/aromatic N) is 2. The van der Waals surface area contributed by atoms with E-state index >= 15 is 0 Å². The van der Waals surface area contributed by atoms with Gasteiger partial charge in [0.15, 0.2) is 0 Å². The Morgan fingerprint density at radius 2 is 1.65 bits per heavy atom. The third-order valence-electron chi connectivity index (χ3n) is 8.15. The first-order chi connectivity index (χ1) is 17.6. The standard InChI is InChI=1S/C29H34FN3O3S/c1-28(2)13-14-29(21-33(28)37(35,36)24-10-6-9-23(30)19-24)15-17-32(18-16-29)20-27(34)31-26-12-5-8-22-7-3-4-11-25(22)26/h3-12,19H,13-18,20-21H2,1-2H3,(H,31,34). The second kappa shape index (κ2) is 9.82. The minimum Gasteiger partial charge on any atom is -0.324 e.